The van der Waals surface area contributed by atoms with Crippen LogP contribution >= 0.6 is 7.82 Å². The molecule has 0 aliphatic carbocycles. The van der Waals surface area contributed by atoms with E-state index in [4.69, 9.17) is 24.3 Å². The lowest BCUT2D eigenvalue weighted by molar-refractivity contribution is -0.161. The van der Waals surface area contributed by atoms with Crippen LogP contribution in [0.15, 0.2) is 122 Å². The first-order chi connectivity index (χ1) is 43.8. The number of carbonyl (C=O) groups is 2. The molecule has 512 valence electrons. The van der Waals surface area contributed by atoms with Gasteiger partial charge >= 0.3 is 19.8 Å². The number of rotatable bonds is 69. The van der Waals surface area contributed by atoms with E-state index in [1.54, 1.807) is 0 Å². The number of nitrogens with two attached hydrogens (primary N) is 1. The molecule has 0 fully saturated rings. The Hall–Kier alpha value is -3.59. The van der Waals surface area contributed by atoms with Crippen molar-refractivity contribution in [3.05, 3.63) is 122 Å². The maximum atomic E-state index is 12.8. The largest absolute Gasteiger partial charge is 0.472 e. The summed E-state index contributed by atoms with van der Waals surface area (Å²) in [6, 6.07) is 0. The number of hydrogen-bond donors (Lipinski definition) is 2. The normalized spacial score (nSPS) is 13.6. The van der Waals surface area contributed by atoms with Gasteiger partial charge in [-0.2, -0.15) is 0 Å². The van der Waals surface area contributed by atoms with Gasteiger partial charge < -0.3 is 20.1 Å². The molecule has 9 nitrogen and oxygen atoms in total. The third-order valence-corrected chi connectivity index (χ3v) is 16.8. The predicted octanol–water partition coefficient (Wildman–Crippen LogP) is 24.6. The number of esters is 2. The van der Waals surface area contributed by atoms with Gasteiger partial charge in [0, 0.05) is 19.4 Å². The van der Waals surface area contributed by atoms with Gasteiger partial charge in [-0.25, -0.2) is 4.57 Å². The van der Waals surface area contributed by atoms with Gasteiger partial charge in [-0.1, -0.05) is 341 Å². The summed E-state index contributed by atoms with van der Waals surface area (Å²) in [5.41, 5.74) is 5.41. The molecule has 0 rings (SSSR count). The maximum Gasteiger partial charge on any atom is 0.472 e. The van der Waals surface area contributed by atoms with Gasteiger partial charge in [0.1, 0.15) is 6.61 Å². The highest BCUT2D eigenvalue weighted by atomic mass is 31.2. The molecule has 0 amide bonds. The van der Waals surface area contributed by atoms with Crippen LogP contribution in [0.5, 0.6) is 0 Å². The van der Waals surface area contributed by atoms with Crippen molar-refractivity contribution in [3.8, 4) is 0 Å². The monoisotopic (exact) mass is 1260 g/mol. The summed E-state index contributed by atoms with van der Waals surface area (Å²) < 4.78 is 33.2. The molecule has 2 atom stereocenters. The van der Waals surface area contributed by atoms with E-state index in [1.165, 1.54) is 199 Å². The zero-order valence-corrected chi connectivity index (χ0v) is 58.5. The molecular formula is C79H138NO8P. The molecule has 0 aromatic rings. The third-order valence-electron chi connectivity index (χ3n) is 15.8. The van der Waals surface area contributed by atoms with Crippen molar-refractivity contribution in [1.82, 2.24) is 0 Å². The summed E-state index contributed by atoms with van der Waals surface area (Å²) >= 11 is 0. The van der Waals surface area contributed by atoms with Gasteiger partial charge in [0.15, 0.2) is 6.10 Å². The third kappa shape index (κ3) is 73.3. The van der Waals surface area contributed by atoms with Crippen LogP contribution in [0, 0.1) is 0 Å². The van der Waals surface area contributed by atoms with Crippen LogP contribution in [0.25, 0.3) is 0 Å². The second-order valence-corrected chi connectivity index (χ2v) is 25.9. The van der Waals surface area contributed by atoms with Crippen LogP contribution in [-0.2, 0) is 32.7 Å². The van der Waals surface area contributed by atoms with Gasteiger partial charge in [0.05, 0.1) is 13.2 Å². The molecule has 0 radical (unpaired) electrons. The Labute approximate surface area is 549 Å². The van der Waals surface area contributed by atoms with Gasteiger partial charge in [-0.3, -0.25) is 18.6 Å². The van der Waals surface area contributed by atoms with E-state index in [0.29, 0.717) is 6.42 Å². The molecule has 0 aliphatic rings. The first kappa shape index (κ1) is 85.4. The lowest BCUT2D eigenvalue weighted by Gasteiger charge is -2.19. The van der Waals surface area contributed by atoms with E-state index in [1.807, 2.05) is 0 Å². The first-order valence-electron chi connectivity index (χ1n) is 37.0. The second kappa shape index (κ2) is 73.5. The Morgan fingerprint density at radius 3 is 0.865 bits per heavy atom. The average molecular weight is 1260 g/mol. The predicted molar refractivity (Wildman–Crippen MR) is 385 cm³/mol. The molecule has 10 heteroatoms. The number of hydrogen-bond acceptors (Lipinski definition) is 8. The van der Waals surface area contributed by atoms with Crippen molar-refractivity contribution in [3.63, 3.8) is 0 Å². The minimum absolute atomic E-state index is 0.0510. The van der Waals surface area contributed by atoms with Crippen molar-refractivity contribution in [2.24, 2.45) is 5.73 Å². The number of allylic oxidation sites excluding steroid dienone is 20. The summed E-state index contributed by atoms with van der Waals surface area (Å²) in [5, 5.41) is 0. The quantitative estimate of drug-likeness (QED) is 0.0264. The minimum atomic E-state index is -4.40. The summed E-state index contributed by atoms with van der Waals surface area (Å²) in [7, 11) is -4.40. The van der Waals surface area contributed by atoms with E-state index >= 15 is 0 Å². The minimum Gasteiger partial charge on any atom is -0.462 e. The van der Waals surface area contributed by atoms with Crippen LogP contribution in [0.1, 0.15) is 335 Å². The number of ether oxygens (including phenoxy) is 2. The standard InChI is InChI=1S/C79H138NO8P/c1-3-5-7-9-11-13-15-17-19-21-23-25-27-29-31-33-34-35-36-37-38-39-40-41-42-44-46-48-50-52-54-56-58-60-62-64-66-68-70-72-79(82)88-77(76-87-89(83,84)86-74-73-80)75-85-78(81)71-69-67-65-63-61-59-57-55-53-51-49-47-45-43-32-30-28-26-24-22-20-18-16-14-12-10-8-6-4-2/h5-8,11-14,17-20,23-26,29-32,77H,3-4,9-10,15-16,21-22,27-28,33-76,80H2,1-2H3,(H,83,84)/b7-5-,8-6-,13-11-,14-12-,19-17-,20-18-,25-23-,26-24-,31-29-,32-30-. The molecule has 3 N–H and O–H groups in total. The van der Waals surface area contributed by atoms with E-state index < -0.39 is 26.5 Å². The number of phosphoric acid groups is 1. The van der Waals surface area contributed by atoms with Gasteiger partial charge in [-0.05, 0) is 103 Å². The van der Waals surface area contributed by atoms with Crippen molar-refractivity contribution >= 4 is 19.8 Å². The molecular weight excluding hydrogens is 1120 g/mol. The van der Waals surface area contributed by atoms with Crippen molar-refractivity contribution in [1.29, 1.82) is 0 Å². The Morgan fingerprint density at radius 2 is 0.584 bits per heavy atom. The SMILES string of the molecule is CC/C=C\C/C=C\C/C=C\C/C=C\C/C=C\CCCCCCCCCCCCCCCCCCCCCCCCCC(=O)OC(COC(=O)CCCCCCCCCCCCCCC/C=C\C/C=C\C/C=C\C/C=C\C/C=C\CC)COP(=O)(O)OCCN. The number of carbonyl (C=O) groups excluding carboxylic acids is 2. The van der Waals surface area contributed by atoms with Gasteiger partial charge in [0.25, 0.3) is 0 Å². The molecule has 0 bridgehead atoms. The van der Waals surface area contributed by atoms with Crippen molar-refractivity contribution < 1.29 is 37.6 Å². The highest BCUT2D eigenvalue weighted by Crippen LogP contribution is 2.43. The average Bonchev–Trinajstić information content (AvgIpc) is 3.68. The number of unbranched alkanes of at least 4 members (excludes halogenated alkanes) is 36. The van der Waals surface area contributed by atoms with E-state index in [0.717, 1.165) is 103 Å². The first-order valence-corrected chi connectivity index (χ1v) is 38.5. The lowest BCUT2D eigenvalue weighted by atomic mass is 10.0. The van der Waals surface area contributed by atoms with E-state index in [2.05, 4.69) is 135 Å². The molecule has 0 saturated carbocycles. The zero-order valence-electron chi connectivity index (χ0n) is 57.6. The smallest absolute Gasteiger partial charge is 0.462 e. The topological polar surface area (TPSA) is 134 Å². The van der Waals surface area contributed by atoms with E-state index in [9.17, 15) is 19.0 Å². The Balaban J connectivity index is 3.82. The molecule has 2 unspecified atom stereocenters. The van der Waals surface area contributed by atoms with Crippen LogP contribution in [-0.4, -0.2) is 49.3 Å². The fourth-order valence-corrected chi connectivity index (χ4v) is 11.2. The number of phosphoric ester groups is 1. The highest BCUT2D eigenvalue weighted by molar-refractivity contribution is 7.47. The highest BCUT2D eigenvalue weighted by Gasteiger charge is 2.26. The molecule has 0 spiro atoms. The molecule has 0 aliphatic heterocycles. The summed E-state index contributed by atoms with van der Waals surface area (Å²) in [6.45, 7) is 3.55. The van der Waals surface area contributed by atoms with E-state index in [-0.39, 0.29) is 38.6 Å². The molecule has 0 heterocycles. The van der Waals surface area contributed by atoms with Crippen molar-refractivity contribution in [2.75, 3.05) is 26.4 Å². The van der Waals surface area contributed by atoms with Gasteiger partial charge in [0.2, 0.25) is 0 Å². The fourth-order valence-electron chi connectivity index (χ4n) is 10.5. The summed E-state index contributed by atoms with van der Waals surface area (Å²) in [6.07, 6.45) is 103. The summed E-state index contributed by atoms with van der Waals surface area (Å²) in [4.78, 5) is 35.4. The Morgan fingerprint density at radius 1 is 0.337 bits per heavy atom. The molecule has 89 heavy (non-hydrogen) atoms. The summed E-state index contributed by atoms with van der Waals surface area (Å²) in [5.74, 6) is -0.819. The molecule has 0 saturated heterocycles. The van der Waals surface area contributed by atoms with Crippen molar-refractivity contribution in [2.45, 2.75) is 341 Å². The van der Waals surface area contributed by atoms with Crippen LogP contribution in [0.3, 0.4) is 0 Å². The van der Waals surface area contributed by atoms with Crippen LogP contribution in [0.4, 0.5) is 0 Å². The maximum absolute atomic E-state index is 12.8. The zero-order chi connectivity index (χ0) is 64.4. The molecule has 0 aromatic heterocycles. The molecule has 0 aromatic carbocycles. The Bertz CT molecular complexity index is 1880. The second-order valence-electron chi connectivity index (χ2n) is 24.4. The fraction of sp³-hybridized carbons (Fsp3) is 0.722. The Kier molecular flexibility index (Phi) is 70.5. The lowest BCUT2D eigenvalue weighted by Crippen LogP contribution is -2.29. The van der Waals surface area contributed by atoms with Crippen LogP contribution in [0.2, 0.25) is 0 Å². The van der Waals surface area contributed by atoms with Gasteiger partial charge in [-0.15, -0.1) is 0 Å². The van der Waals surface area contributed by atoms with Crippen LogP contribution < -0.4 is 5.73 Å².